The van der Waals surface area contributed by atoms with Crippen LogP contribution in [0.2, 0.25) is 0 Å². The summed E-state index contributed by atoms with van der Waals surface area (Å²) in [5.41, 5.74) is 3.82. The highest BCUT2D eigenvalue weighted by Crippen LogP contribution is 2.39. The Morgan fingerprint density at radius 1 is 1.06 bits per heavy atom. The molecule has 1 heterocycles. The third-order valence-corrected chi connectivity index (χ3v) is 8.24. The maximum atomic E-state index is 13.1. The molecule has 1 unspecified atom stereocenters. The number of carbonyl (C=O) groups excluding carboxylic acids is 3. The van der Waals surface area contributed by atoms with Crippen LogP contribution in [0.4, 0.5) is 10.7 Å². The van der Waals surface area contributed by atoms with Crippen molar-refractivity contribution in [3.63, 3.8) is 0 Å². The van der Waals surface area contributed by atoms with Crippen LogP contribution >= 0.6 is 23.1 Å². The maximum absolute atomic E-state index is 13.1. The van der Waals surface area contributed by atoms with Gasteiger partial charge in [0.25, 0.3) is 5.91 Å². The summed E-state index contributed by atoms with van der Waals surface area (Å²) in [5.74, 6) is -0.734. The van der Waals surface area contributed by atoms with E-state index in [1.54, 1.807) is 13.0 Å². The van der Waals surface area contributed by atoms with E-state index in [1.807, 2.05) is 56.3 Å². The molecule has 0 radical (unpaired) electrons. The van der Waals surface area contributed by atoms with Crippen LogP contribution in [-0.4, -0.2) is 29.6 Å². The predicted octanol–water partition coefficient (Wildman–Crippen LogP) is 6.48. The van der Waals surface area contributed by atoms with E-state index < -0.39 is 5.25 Å². The third-order valence-electron chi connectivity index (χ3n) is 5.94. The van der Waals surface area contributed by atoms with Crippen LogP contribution in [-0.2, 0) is 22.4 Å². The van der Waals surface area contributed by atoms with Crippen molar-refractivity contribution in [1.29, 1.82) is 0 Å². The van der Waals surface area contributed by atoms with Crippen molar-refractivity contribution < 1.29 is 19.1 Å². The van der Waals surface area contributed by atoms with Crippen molar-refractivity contribution in [2.75, 3.05) is 17.2 Å². The van der Waals surface area contributed by atoms with Crippen LogP contribution < -0.4 is 10.6 Å². The Bertz CT molecular complexity index is 1280. The molecule has 0 spiro atoms. The minimum atomic E-state index is -0.415. The van der Waals surface area contributed by atoms with Crippen molar-refractivity contribution in [1.82, 2.24) is 0 Å². The molecule has 1 aliphatic rings. The third kappa shape index (κ3) is 6.17. The van der Waals surface area contributed by atoms with E-state index in [0.717, 1.165) is 46.6 Å². The Morgan fingerprint density at radius 2 is 1.83 bits per heavy atom. The number of amides is 2. The SMILES string of the molecule is CCOC(=O)c1c(NC(=O)C(C)Sc2cccc(NC(=O)c3cccc(C)c3)c2)sc2c1CCCC2. The Kier molecular flexibility index (Phi) is 8.48. The number of carbonyl (C=O) groups is 3. The normalized spacial score (nSPS) is 13.4. The molecule has 1 atom stereocenters. The number of aryl methyl sites for hydroxylation is 2. The summed E-state index contributed by atoms with van der Waals surface area (Å²) in [6, 6.07) is 14.9. The van der Waals surface area contributed by atoms with E-state index in [9.17, 15) is 14.4 Å². The van der Waals surface area contributed by atoms with Gasteiger partial charge in [-0.1, -0.05) is 23.8 Å². The molecule has 0 aliphatic heterocycles. The van der Waals surface area contributed by atoms with Crippen LogP contribution in [0.3, 0.4) is 0 Å². The Morgan fingerprint density at radius 3 is 2.61 bits per heavy atom. The van der Waals surface area contributed by atoms with Crippen molar-refractivity contribution >= 4 is 51.6 Å². The molecule has 1 aromatic heterocycles. The average molecular weight is 523 g/mol. The number of thiophene rings is 1. The lowest BCUT2D eigenvalue weighted by Gasteiger charge is -2.14. The first kappa shape index (κ1) is 26.0. The van der Waals surface area contributed by atoms with Gasteiger partial charge in [-0.2, -0.15) is 0 Å². The summed E-state index contributed by atoms with van der Waals surface area (Å²) in [4.78, 5) is 40.4. The van der Waals surface area contributed by atoms with Gasteiger partial charge in [0.1, 0.15) is 5.00 Å². The number of nitrogens with one attached hydrogen (secondary N) is 2. The summed E-state index contributed by atoms with van der Waals surface area (Å²) >= 11 is 2.88. The molecule has 2 amide bonds. The second-order valence-electron chi connectivity index (χ2n) is 8.74. The topological polar surface area (TPSA) is 84.5 Å². The lowest BCUT2D eigenvalue weighted by atomic mass is 9.95. The Hall–Kier alpha value is -3.10. The highest BCUT2D eigenvalue weighted by atomic mass is 32.2. The summed E-state index contributed by atoms with van der Waals surface area (Å²) in [6.07, 6.45) is 3.88. The zero-order valence-electron chi connectivity index (χ0n) is 20.7. The molecule has 2 aromatic carbocycles. The first-order valence-electron chi connectivity index (χ1n) is 12.1. The van der Waals surface area contributed by atoms with E-state index in [2.05, 4.69) is 10.6 Å². The molecule has 2 N–H and O–H groups in total. The number of hydrogen-bond acceptors (Lipinski definition) is 6. The van der Waals surface area contributed by atoms with E-state index in [-0.39, 0.29) is 17.8 Å². The molecule has 1 aliphatic carbocycles. The minimum Gasteiger partial charge on any atom is -0.462 e. The zero-order chi connectivity index (χ0) is 25.7. The zero-order valence-corrected chi connectivity index (χ0v) is 22.3. The fourth-order valence-electron chi connectivity index (χ4n) is 4.18. The average Bonchev–Trinajstić information content (AvgIpc) is 3.22. The van der Waals surface area contributed by atoms with Gasteiger partial charge in [0.15, 0.2) is 0 Å². The molecular formula is C28H30N2O4S2. The molecule has 3 aromatic rings. The minimum absolute atomic E-state index is 0.181. The quantitative estimate of drug-likeness (QED) is 0.261. The molecule has 0 fully saturated rings. The molecule has 4 rings (SSSR count). The number of fused-ring (bicyclic) bond motifs is 1. The van der Waals surface area contributed by atoms with Gasteiger partial charge in [0.05, 0.1) is 17.4 Å². The van der Waals surface area contributed by atoms with Gasteiger partial charge in [-0.05, 0) is 82.3 Å². The highest BCUT2D eigenvalue weighted by molar-refractivity contribution is 8.00. The summed E-state index contributed by atoms with van der Waals surface area (Å²) in [6.45, 7) is 5.85. The van der Waals surface area contributed by atoms with E-state index in [1.165, 1.54) is 23.1 Å². The van der Waals surface area contributed by atoms with Gasteiger partial charge >= 0.3 is 5.97 Å². The van der Waals surface area contributed by atoms with Gasteiger partial charge < -0.3 is 15.4 Å². The van der Waals surface area contributed by atoms with Gasteiger partial charge in [-0.15, -0.1) is 23.1 Å². The number of esters is 1. The number of rotatable bonds is 8. The maximum Gasteiger partial charge on any atom is 0.341 e. The smallest absolute Gasteiger partial charge is 0.341 e. The molecule has 6 nitrogen and oxygen atoms in total. The van der Waals surface area contributed by atoms with Gasteiger partial charge in [0.2, 0.25) is 5.91 Å². The second-order valence-corrected chi connectivity index (χ2v) is 11.3. The lowest BCUT2D eigenvalue weighted by Crippen LogP contribution is -2.23. The monoisotopic (exact) mass is 522 g/mol. The second kappa shape index (κ2) is 11.8. The van der Waals surface area contributed by atoms with Crippen LogP contribution in [0.15, 0.2) is 53.4 Å². The summed E-state index contributed by atoms with van der Waals surface area (Å²) in [7, 11) is 0. The number of anilines is 2. The number of benzene rings is 2. The fraction of sp³-hybridized carbons (Fsp3) is 0.321. The van der Waals surface area contributed by atoms with Gasteiger partial charge in [-0.3, -0.25) is 9.59 Å². The molecule has 0 saturated heterocycles. The Balaban J connectivity index is 1.44. The van der Waals surface area contributed by atoms with Crippen LogP contribution in [0, 0.1) is 6.92 Å². The molecule has 0 bridgehead atoms. The first-order chi connectivity index (χ1) is 17.4. The number of hydrogen-bond donors (Lipinski definition) is 2. The number of ether oxygens (including phenoxy) is 1. The van der Waals surface area contributed by atoms with Crippen molar-refractivity contribution in [2.24, 2.45) is 0 Å². The lowest BCUT2D eigenvalue weighted by molar-refractivity contribution is -0.115. The molecule has 36 heavy (non-hydrogen) atoms. The van der Waals surface area contributed by atoms with E-state index in [4.69, 9.17) is 4.74 Å². The predicted molar refractivity (Wildman–Crippen MR) is 146 cm³/mol. The van der Waals surface area contributed by atoms with Crippen LogP contribution in [0.1, 0.15) is 63.4 Å². The largest absolute Gasteiger partial charge is 0.462 e. The van der Waals surface area contributed by atoms with Crippen LogP contribution in [0.5, 0.6) is 0 Å². The summed E-state index contributed by atoms with van der Waals surface area (Å²) < 4.78 is 5.29. The standard InChI is InChI=1S/C28H30N2O4S2/c1-4-34-28(33)24-22-13-5-6-14-23(22)36-27(24)30-25(31)18(3)35-21-12-8-11-20(16-21)29-26(32)19-10-7-9-17(2)15-19/h7-12,15-16,18H,4-6,13-14H2,1-3H3,(H,29,32)(H,30,31). The van der Waals surface area contributed by atoms with Gasteiger partial charge in [-0.25, -0.2) is 4.79 Å². The van der Waals surface area contributed by atoms with E-state index >= 15 is 0 Å². The summed E-state index contributed by atoms with van der Waals surface area (Å²) in [5, 5.41) is 6.08. The van der Waals surface area contributed by atoms with Crippen molar-refractivity contribution in [3.8, 4) is 0 Å². The van der Waals surface area contributed by atoms with Crippen LogP contribution in [0.25, 0.3) is 0 Å². The molecule has 188 valence electrons. The Labute approximate surface area is 219 Å². The van der Waals surface area contributed by atoms with Crippen molar-refractivity contribution in [2.45, 2.75) is 56.6 Å². The van der Waals surface area contributed by atoms with E-state index in [0.29, 0.717) is 28.4 Å². The molecule has 8 heteroatoms. The van der Waals surface area contributed by atoms with Gasteiger partial charge in [0, 0.05) is 21.0 Å². The fourth-order valence-corrected chi connectivity index (χ4v) is 6.39. The first-order valence-corrected chi connectivity index (χ1v) is 13.8. The van der Waals surface area contributed by atoms with Crippen molar-refractivity contribution in [3.05, 3.63) is 75.7 Å². The number of thioether (sulfide) groups is 1. The molecule has 0 saturated carbocycles. The molecular weight excluding hydrogens is 492 g/mol. The highest BCUT2D eigenvalue weighted by Gasteiger charge is 2.28.